The van der Waals surface area contributed by atoms with E-state index in [1.807, 2.05) is 48.5 Å². The summed E-state index contributed by atoms with van der Waals surface area (Å²) < 4.78 is 11.3. The Labute approximate surface area is 298 Å². The summed E-state index contributed by atoms with van der Waals surface area (Å²) in [6, 6.07) is 16.2. The fourth-order valence-corrected chi connectivity index (χ4v) is 6.76. The average Bonchev–Trinajstić information content (AvgIpc) is 3.09. The molecule has 2 aromatic heterocycles. The average molecular weight is 718 g/mol. The van der Waals surface area contributed by atoms with Gasteiger partial charge in [0.25, 0.3) is 0 Å². The molecule has 2 saturated heterocycles. The molecule has 14 heteroatoms. The van der Waals surface area contributed by atoms with Gasteiger partial charge in [0.05, 0.1) is 35.7 Å². The highest BCUT2D eigenvalue weighted by molar-refractivity contribution is 6.39. The summed E-state index contributed by atoms with van der Waals surface area (Å²) in [5, 5.41) is 12.0. The number of carbonyl (C=O) groups excluding carboxylic acids is 4. The molecular weight excluding hydrogens is 683 g/mol. The summed E-state index contributed by atoms with van der Waals surface area (Å²) in [5.41, 5.74) is 5.48. The number of imide groups is 2. The van der Waals surface area contributed by atoms with Gasteiger partial charge >= 0.3 is 0 Å². The maximum atomic E-state index is 11.8. The predicted molar refractivity (Wildman–Crippen MR) is 187 cm³/mol. The summed E-state index contributed by atoms with van der Waals surface area (Å²) in [5.74, 6) is -0.205. The zero-order valence-corrected chi connectivity index (χ0v) is 28.8. The number of aromatic nitrogens is 2. The third-order valence-electron chi connectivity index (χ3n) is 8.59. The zero-order chi connectivity index (χ0) is 35.4. The second kappa shape index (κ2) is 15.3. The van der Waals surface area contributed by atoms with E-state index in [2.05, 4.69) is 26.3 Å². The number of pyridine rings is 2. The number of nitrogens with one attached hydrogen (secondary N) is 4. The first-order valence-electron chi connectivity index (χ1n) is 15.9. The van der Waals surface area contributed by atoms with Crippen LogP contribution in [0.5, 0.6) is 11.6 Å². The van der Waals surface area contributed by atoms with E-state index in [9.17, 15) is 19.2 Å². The molecule has 12 nitrogen and oxygen atoms in total. The van der Waals surface area contributed by atoms with Crippen LogP contribution in [0, 0.1) is 0 Å². The van der Waals surface area contributed by atoms with Crippen LogP contribution in [0.1, 0.15) is 36.8 Å². The van der Waals surface area contributed by atoms with Crippen LogP contribution in [0.2, 0.25) is 10.0 Å². The number of rotatable bonds is 11. The van der Waals surface area contributed by atoms with Gasteiger partial charge in [-0.05, 0) is 18.2 Å². The van der Waals surface area contributed by atoms with Gasteiger partial charge < -0.3 is 20.1 Å². The Kier molecular flexibility index (Phi) is 10.7. The third kappa shape index (κ3) is 7.79. The molecule has 0 bridgehead atoms. The SMILES string of the molecule is COc1cc(-c2nccc(-c3cccc(-c4ccc(CNC5CC(=O)NC(=O)C5)c(OC)n4)c3Cl)c2Cl)ccc1CNC1CC(=O)NC(=O)C1. The molecule has 4 N–H and O–H groups in total. The molecule has 4 aromatic rings. The van der Waals surface area contributed by atoms with Gasteiger partial charge in [-0.25, -0.2) is 4.98 Å². The highest BCUT2D eigenvalue weighted by Crippen LogP contribution is 2.42. The number of hydrogen-bond acceptors (Lipinski definition) is 10. The molecule has 4 heterocycles. The number of carbonyl (C=O) groups is 4. The second-order valence-electron chi connectivity index (χ2n) is 12.0. The Hall–Kier alpha value is -4.88. The predicted octanol–water partition coefficient (Wildman–Crippen LogP) is 4.59. The topological polar surface area (TPSA) is 161 Å². The monoisotopic (exact) mass is 716 g/mol. The molecule has 6 rings (SSSR count). The number of benzene rings is 2. The largest absolute Gasteiger partial charge is 0.496 e. The molecule has 50 heavy (non-hydrogen) atoms. The van der Waals surface area contributed by atoms with Crippen molar-refractivity contribution >= 4 is 46.8 Å². The van der Waals surface area contributed by atoms with Crippen molar-refractivity contribution in [1.82, 2.24) is 31.2 Å². The summed E-state index contributed by atoms with van der Waals surface area (Å²) in [6.45, 7) is 0.752. The van der Waals surface area contributed by atoms with E-state index in [0.717, 1.165) is 16.7 Å². The van der Waals surface area contributed by atoms with Gasteiger partial charge in [0.2, 0.25) is 29.5 Å². The van der Waals surface area contributed by atoms with Crippen LogP contribution in [0.3, 0.4) is 0 Å². The van der Waals surface area contributed by atoms with Crippen LogP contribution in [-0.2, 0) is 32.3 Å². The van der Waals surface area contributed by atoms with Gasteiger partial charge in [0.1, 0.15) is 5.75 Å². The summed E-state index contributed by atoms with van der Waals surface area (Å²) in [7, 11) is 3.10. The molecule has 2 aliphatic rings. The van der Waals surface area contributed by atoms with Crippen LogP contribution >= 0.6 is 23.2 Å². The molecule has 0 radical (unpaired) electrons. The number of hydrogen-bond donors (Lipinski definition) is 4. The first-order valence-corrected chi connectivity index (χ1v) is 16.7. The van der Waals surface area contributed by atoms with Gasteiger partial charge in [0.15, 0.2) is 0 Å². The Morgan fingerprint density at radius 3 is 1.92 bits per heavy atom. The van der Waals surface area contributed by atoms with Crippen molar-refractivity contribution < 1.29 is 28.7 Å². The lowest BCUT2D eigenvalue weighted by Crippen LogP contribution is -2.46. The fourth-order valence-electron chi connectivity index (χ4n) is 6.11. The molecule has 258 valence electrons. The molecule has 4 amide bonds. The lowest BCUT2D eigenvalue weighted by molar-refractivity contribution is -0.135. The summed E-state index contributed by atoms with van der Waals surface area (Å²) >= 11 is 14.1. The molecular formula is C36H34Cl2N6O6. The quantitative estimate of drug-likeness (QED) is 0.162. The molecule has 0 saturated carbocycles. The number of piperidine rings is 2. The lowest BCUT2D eigenvalue weighted by Gasteiger charge is -2.22. The highest BCUT2D eigenvalue weighted by atomic mass is 35.5. The minimum absolute atomic E-state index is 0.213. The van der Waals surface area contributed by atoms with Crippen LogP contribution in [0.15, 0.2) is 60.8 Å². The van der Waals surface area contributed by atoms with Crippen molar-refractivity contribution in [2.75, 3.05) is 14.2 Å². The third-order valence-corrected chi connectivity index (χ3v) is 9.38. The van der Waals surface area contributed by atoms with E-state index in [0.29, 0.717) is 62.8 Å². The Morgan fingerprint density at radius 2 is 1.30 bits per heavy atom. The molecule has 0 aliphatic carbocycles. The Balaban J connectivity index is 1.23. The van der Waals surface area contributed by atoms with E-state index in [-0.39, 0.29) is 61.4 Å². The smallest absolute Gasteiger partial charge is 0.228 e. The summed E-state index contributed by atoms with van der Waals surface area (Å²) in [6.07, 6.45) is 2.54. The maximum absolute atomic E-state index is 11.8. The molecule has 0 atom stereocenters. The summed E-state index contributed by atoms with van der Waals surface area (Å²) in [4.78, 5) is 56.3. The Bertz CT molecular complexity index is 1820. The number of nitrogens with zero attached hydrogens (tertiary/aromatic N) is 2. The van der Waals surface area contributed by atoms with E-state index >= 15 is 0 Å². The normalized spacial score (nSPS) is 15.5. The van der Waals surface area contributed by atoms with Crippen molar-refractivity contribution in [2.24, 2.45) is 0 Å². The van der Waals surface area contributed by atoms with E-state index in [4.69, 9.17) is 37.7 Å². The first kappa shape index (κ1) is 35.0. The van der Waals surface area contributed by atoms with Crippen molar-refractivity contribution in [1.29, 1.82) is 0 Å². The maximum Gasteiger partial charge on any atom is 0.228 e. The van der Waals surface area contributed by atoms with E-state index in [1.54, 1.807) is 19.4 Å². The van der Waals surface area contributed by atoms with Crippen molar-refractivity contribution in [2.45, 2.75) is 50.9 Å². The van der Waals surface area contributed by atoms with Crippen molar-refractivity contribution in [3.8, 4) is 45.3 Å². The molecule has 0 unspecified atom stereocenters. The van der Waals surface area contributed by atoms with Crippen LogP contribution in [0.4, 0.5) is 0 Å². The minimum atomic E-state index is -0.301. The van der Waals surface area contributed by atoms with Crippen LogP contribution in [-0.4, -0.2) is 59.9 Å². The van der Waals surface area contributed by atoms with Gasteiger partial charge in [0, 0.05) is 90.4 Å². The van der Waals surface area contributed by atoms with Crippen LogP contribution < -0.4 is 30.7 Å². The highest BCUT2D eigenvalue weighted by Gasteiger charge is 2.26. The lowest BCUT2D eigenvalue weighted by atomic mass is 9.99. The van der Waals surface area contributed by atoms with Gasteiger partial charge in [-0.15, -0.1) is 0 Å². The van der Waals surface area contributed by atoms with Gasteiger partial charge in [-0.3, -0.25) is 34.8 Å². The first-order chi connectivity index (χ1) is 24.1. The molecule has 0 spiro atoms. The van der Waals surface area contributed by atoms with Gasteiger partial charge in [-0.1, -0.05) is 59.6 Å². The molecule has 2 fully saturated rings. The minimum Gasteiger partial charge on any atom is -0.496 e. The second-order valence-corrected chi connectivity index (χ2v) is 12.8. The van der Waals surface area contributed by atoms with Gasteiger partial charge in [-0.2, -0.15) is 0 Å². The van der Waals surface area contributed by atoms with E-state index < -0.39 is 0 Å². The number of methoxy groups -OCH3 is 2. The zero-order valence-electron chi connectivity index (χ0n) is 27.3. The number of halogens is 2. The Morgan fingerprint density at radius 1 is 0.720 bits per heavy atom. The number of ether oxygens (including phenoxy) is 2. The standard InChI is InChI=1S/C36H34Cl2N6O6/c1-49-28-12-19(6-7-20(28)17-40-22-13-29(45)43-30(46)14-22)35-34(38)25(10-11-39-35)24-4-3-5-26(33(24)37)27-9-8-21(36(42-27)50-2)18-41-23-15-31(47)44-32(48)16-23/h3-12,22-23,40-41H,13-18H2,1-2H3,(H,43,45,46)(H,44,47,48). The fraction of sp³-hybridized carbons (Fsp3) is 0.278. The van der Waals surface area contributed by atoms with E-state index in [1.165, 1.54) is 7.11 Å². The number of amides is 4. The van der Waals surface area contributed by atoms with Crippen LogP contribution in [0.25, 0.3) is 33.6 Å². The van der Waals surface area contributed by atoms with Crippen molar-refractivity contribution in [3.05, 3.63) is 82.0 Å². The molecule has 2 aliphatic heterocycles. The molecule has 2 aromatic carbocycles. The van der Waals surface area contributed by atoms with Crippen molar-refractivity contribution in [3.63, 3.8) is 0 Å².